The largest absolute Gasteiger partial charge is 0.336 e. The summed E-state index contributed by atoms with van der Waals surface area (Å²) >= 11 is 1.71. The first kappa shape index (κ1) is 11.7. The van der Waals surface area contributed by atoms with Crippen molar-refractivity contribution in [3.63, 3.8) is 0 Å². The normalized spacial score (nSPS) is 20.3. The van der Waals surface area contributed by atoms with Gasteiger partial charge in [-0.3, -0.25) is 4.79 Å². The molecule has 1 saturated heterocycles. The van der Waals surface area contributed by atoms with Crippen molar-refractivity contribution in [2.45, 2.75) is 13.0 Å². The summed E-state index contributed by atoms with van der Waals surface area (Å²) in [7, 11) is 0. The first-order chi connectivity index (χ1) is 8.74. The number of hydrogen-bond donors (Lipinski definition) is 1. The van der Waals surface area contributed by atoms with E-state index in [0.29, 0.717) is 6.04 Å². The van der Waals surface area contributed by atoms with E-state index in [4.69, 9.17) is 0 Å². The fourth-order valence-corrected chi connectivity index (χ4v) is 3.17. The molecule has 1 amide bonds. The predicted molar refractivity (Wildman–Crippen MR) is 75.2 cm³/mol. The number of amides is 1. The lowest BCUT2D eigenvalue weighted by Gasteiger charge is -2.32. The number of benzene rings is 1. The van der Waals surface area contributed by atoms with Crippen molar-refractivity contribution in [1.82, 2.24) is 10.2 Å². The molecule has 94 valence electrons. The monoisotopic (exact) mass is 260 g/mol. The molecule has 0 aliphatic carbocycles. The van der Waals surface area contributed by atoms with Gasteiger partial charge in [0.15, 0.2) is 0 Å². The molecule has 3 rings (SSSR count). The molecule has 0 spiro atoms. The molecule has 3 nitrogen and oxygen atoms in total. The topological polar surface area (TPSA) is 32.3 Å². The summed E-state index contributed by atoms with van der Waals surface area (Å²) in [6.45, 7) is 4.58. The third-order valence-corrected chi connectivity index (χ3v) is 4.25. The molecule has 0 radical (unpaired) electrons. The SMILES string of the molecule is CC1CN(C(=O)c2ccc3sccc3c2)CCN1. The fraction of sp³-hybridized carbons (Fsp3) is 0.357. The Labute approximate surface area is 110 Å². The van der Waals surface area contributed by atoms with Gasteiger partial charge in [0.1, 0.15) is 0 Å². The van der Waals surface area contributed by atoms with Crippen molar-refractivity contribution in [3.05, 3.63) is 35.2 Å². The number of carbonyl (C=O) groups is 1. The Morgan fingerprint density at radius 3 is 3.17 bits per heavy atom. The Morgan fingerprint density at radius 2 is 2.33 bits per heavy atom. The van der Waals surface area contributed by atoms with Crippen LogP contribution in [-0.2, 0) is 0 Å². The standard InChI is InChI=1S/C14H16N2OS/c1-10-9-16(6-5-15-10)14(17)12-2-3-13-11(8-12)4-7-18-13/h2-4,7-8,10,15H,5-6,9H2,1H3. The minimum absolute atomic E-state index is 0.149. The van der Waals surface area contributed by atoms with E-state index < -0.39 is 0 Å². The molecule has 0 bridgehead atoms. The maximum atomic E-state index is 12.4. The summed E-state index contributed by atoms with van der Waals surface area (Å²) in [6, 6.07) is 8.43. The molecule has 2 heterocycles. The van der Waals surface area contributed by atoms with E-state index in [0.717, 1.165) is 30.6 Å². The summed E-state index contributed by atoms with van der Waals surface area (Å²) < 4.78 is 1.24. The maximum absolute atomic E-state index is 12.4. The summed E-state index contributed by atoms with van der Waals surface area (Å²) in [6.07, 6.45) is 0. The summed E-state index contributed by atoms with van der Waals surface area (Å²) in [5.74, 6) is 0.149. The second-order valence-electron chi connectivity index (χ2n) is 4.78. The number of carbonyl (C=O) groups excluding carboxylic acids is 1. The van der Waals surface area contributed by atoms with Gasteiger partial charge >= 0.3 is 0 Å². The van der Waals surface area contributed by atoms with Crippen LogP contribution in [0.1, 0.15) is 17.3 Å². The van der Waals surface area contributed by atoms with Gasteiger partial charge in [-0.05, 0) is 42.0 Å². The third kappa shape index (κ3) is 2.13. The van der Waals surface area contributed by atoms with E-state index in [1.54, 1.807) is 11.3 Å². The minimum Gasteiger partial charge on any atom is -0.336 e. The molecule has 0 saturated carbocycles. The molecule has 4 heteroatoms. The summed E-state index contributed by atoms with van der Waals surface area (Å²) in [5, 5.41) is 6.57. The molecule has 1 unspecified atom stereocenters. The van der Waals surface area contributed by atoms with E-state index in [1.807, 2.05) is 23.1 Å². The molecular formula is C14H16N2OS. The van der Waals surface area contributed by atoms with E-state index >= 15 is 0 Å². The summed E-state index contributed by atoms with van der Waals surface area (Å²) in [5.41, 5.74) is 0.801. The minimum atomic E-state index is 0.149. The zero-order chi connectivity index (χ0) is 12.5. The van der Waals surface area contributed by atoms with Gasteiger partial charge in [-0.15, -0.1) is 11.3 Å². The Hall–Kier alpha value is -1.39. The lowest BCUT2D eigenvalue weighted by molar-refractivity contribution is 0.0709. The second kappa shape index (κ2) is 4.71. The van der Waals surface area contributed by atoms with Crippen LogP contribution in [0.25, 0.3) is 10.1 Å². The molecule has 1 N–H and O–H groups in total. The van der Waals surface area contributed by atoms with Gasteiger partial charge in [0, 0.05) is 35.9 Å². The smallest absolute Gasteiger partial charge is 0.253 e. The molecule has 1 aliphatic heterocycles. The van der Waals surface area contributed by atoms with E-state index in [1.165, 1.54) is 4.70 Å². The van der Waals surface area contributed by atoms with Crippen molar-refractivity contribution in [2.75, 3.05) is 19.6 Å². The van der Waals surface area contributed by atoms with Gasteiger partial charge in [-0.25, -0.2) is 0 Å². The van der Waals surface area contributed by atoms with Crippen molar-refractivity contribution < 1.29 is 4.79 Å². The Morgan fingerprint density at radius 1 is 1.44 bits per heavy atom. The lowest BCUT2D eigenvalue weighted by Crippen LogP contribution is -2.51. The van der Waals surface area contributed by atoms with Gasteiger partial charge in [-0.1, -0.05) is 0 Å². The van der Waals surface area contributed by atoms with E-state index in [-0.39, 0.29) is 5.91 Å². The first-order valence-electron chi connectivity index (χ1n) is 6.24. The Kier molecular flexibility index (Phi) is 3.06. The molecule has 1 aliphatic rings. The average Bonchev–Trinajstić information content (AvgIpc) is 2.85. The lowest BCUT2D eigenvalue weighted by atomic mass is 10.1. The highest BCUT2D eigenvalue weighted by atomic mass is 32.1. The Balaban J connectivity index is 1.86. The molecule has 1 aromatic carbocycles. The highest BCUT2D eigenvalue weighted by Gasteiger charge is 2.21. The maximum Gasteiger partial charge on any atom is 0.253 e. The molecule has 18 heavy (non-hydrogen) atoms. The van der Waals surface area contributed by atoms with Crippen LogP contribution < -0.4 is 5.32 Å². The predicted octanol–water partition coefficient (Wildman–Crippen LogP) is 2.34. The van der Waals surface area contributed by atoms with Crippen molar-refractivity contribution in [3.8, 4) is 0 Å². The van der Waals surface area contributed by atoms with Crippen LogP contribution in [0.2, 0.25) is 0 Å². The number of hydrogen-bond acceptors (Lipinski definition) is 3. The molecule has 1 atom stereocenters. The highest BCUT2D eigenvalue weighted by molar-refractivity contribution is 7.17. The van der Waals surface area contributed by atoms with Gasteiger partial charge in [-0.2, -0.15) is 0 Å². The van der Waals surface area contributed by atoms with Crippen LogP contribution in [0.5, 0.6) is 0 Å². The highest BCUT2D eigenvalue weighted by Crippen LogP contribution is 2.22. The Bertz CT molecular complexity index is 578. The number of fused-ring (bicyclic) bond motifs is 1. The van der Waals surface area contributed by atoms with Gasteiger partial charge in [0.25, 0.3) is 5.91 Å². The number of thiophene rings is 1. The quantitative estimate of drug-likeness (QED) is 0.853. The van der Waals surface area contributed by atoms with Gasteiger partial charge in [0.2, 0.25) is 0 Å². The number of nitrogens with zero attached hydrogens (tertiary/aromatic N) is 1. The average molecular weight is 260 g/mol. The molecule has 1 fully saturated rings. The molecule has 1 aromatic heterocycles. The number of nitrogens with one attached hydrogen (secondary N) is 1. The molecular weight excluding hydrogens is 244 g/mol. The van der Waals surface area contributed by atoms with Crippen LogP contribution in [-0.4, -0.2) is 36.5 Å². The number of rotatable bonds is 1. The molecule has 2 aromatic rings. The van der Waals surface area contributed by atoms with Gasteiger partial charge < -0.3 is 10.2 Å². The zero-order valence-electron chi connectivity index (χ0n) is 10.3. The summed E-state index contributed by atoms with van der Waals surface area (Å²) in [4.78, 5) is 14.4. The van der Waals surface area contributed by atoms with E-state index in [9.17, 15) is 4.79 Å². The second-order valence-corrected chi connectivity index (χ2v) is 5.73. The van der Waals surface area contributed by atoms with E-state index in [2.05, 4.69) is 23.7 Å². The van der Waals surface area contributed by atoms with Crippen LogP contribution >= 0.6 is 11.3 Å². The van der Waals surface area contributed by atoms with Crippen molar-refractivity contribution >= 4 is 27.3 Å². The van der Waals surface area contributed by atoms with Crippen molar-refractivity contribution in [1.29, 1.82) is 0 Å². The van der Waals surface area contributed by atoms with Crippen LogP contribution in [0.3, 0.4) is 0 Å². The van der Waals surface area contributed by atoms with Crippen molar-refractivity contribution in [2.24, 2.45) is 0 Å². The third-order valence-electron chi connectivity index (χ3n) is 3.36. The van der Waals surface area contributed by atoms with Gasteiger partial charge in [0.05, 0.1) is 0 Å². The zero-order valence-corrected chi connectivity index (χ0v) is 11.2. The first-order valence-corrected chi connectivity index (χ1v) is 7.12. The van der Waals surface area contributed by atoms with Crippen LogP contribution in [0.4, 0.5) is 0 Å². The number of piperazine rings is 1. The van der Waals surface area contributed by atoms with Crippen LogP contribution in [0, 0.1) is 0 Å². The van der Waals surface area contributed by atoms with Crippen LogP contribution in [0.15, 0.2) is 29.6 Å². The fourth-order valence-electron chi connectivity index (χ4n) is 2.40.